The quantitative estimate of drug-likeness (QED) is 0.164. The maximum atomic E-state index is 14.1. The minimum absolute atomic E-state index is 0.410. The number of benzene rings is 4. The molecule has 4 atom stereocenters. The average Bonchev–Trinajstić information content (AvgIpc) is 3.07. The molecular weight excluding hydrogens is 544 g/mol. The van der Waals surface area contributed by atoms with E-state index in [0.717, 1.165) is 60.8 Å². The van der Waals surface area contributed by atoms with Crippen LogP contribution >= 0.6 is 0 Å². The van der Waals surface area contributed by atoms with E-state index in [0.29, 0.717) is 11.1 Å². The molecule has 0 spiro atoms. The third kappa shape index (κ3) is 5.83. The molecule has 0 fully saturated rings. The lowest BCUT2D eigenvalue weighted by atomic mass is 9.53. The molecule has 4 aromatic rings. The highest BCUT2D eigenvalue weighted by Crippen LogP contribution is 2.56. The molecule has 0 saturated heterocycles. The van der Waals surface area contributed by atoms with Gasteiger partial charge in [-0.05, 0) is 66.3 Å². The van der Waals surface area contributed by atoms with Crippen molar-refractivity contribution in [1.29, 1.82) is 0 Å². The van der Waals surface area contributed by atoms with Gasteiger partial charge in [0.15, 0.2) is 6.10 Å². The van der Waals surface area contributed by atoms with Gasteiger partial charge in [-0.1, -0.05) is 131 Å². The summed E-state index contributed by atoms with van der Waals surface area (Å²) < 4.78 is 13.4. The molecule has 4 heteroatoms. The number of carbonyl (C=O) groups is 2. The molecule has 0 bridgehead atoms. The lowest BCUT2D eigenvalue weighted by molar-refractivity contribution is -0.0964. The Morgan fingerprint density at radius 3 is 1.59 bits per heavy atom. The van der Waals surface area contributed by atoms with Crippen LogP contribution < -0.4 is 0 Å². The zero-order valence-electron chi connectivity index (χ0n) is 26.4. The summed E-state index contributed by atoms with van der Waals surface area (Å²) in [6, 6.07) is 35.2. The summed E-state index contributed by atoms with van der Waals surface area (Å²) in [5, 5.41) is 0. The maximum Gasteiger partial charge on any atom is 0.338 e. The zero-order chi connectivity index (χ0) is 31.2. The molecule has 0 amide bonds. The lowest BCUT2D eigenvalue weighted by Crippen LogP contribution is -2.62. The van der Waals surface area contributed by atoms with E-state index in [9.17, 15) is 9.59 Å². The van der Waals surface area contributed by atoms with Gasteiger partial charge < -0.3 is 9.47 Å². The molecule has 0 aliphatic heterocycles. The van der Waals surface area contributed by atoms with Crippen molar-refractivity contribution < 1.29 is 19.1 Å². The Morgan fingerprint density at radius 1 is 0.591 bits per heavy atom. The first kappa shape index (κ1) is 31.3. The van der Waals surface area contributed by atoms with Crippen molar-refractivity contribution in [3.63, 3.8) is 0 Å². The molecular formula is C40H44O4. The molecule has 1 aliphatic rings. The van der Waals surface area contributed by atoms with Crippen molar-refractivity contribution in [2.45, 2.75) is 89.3 Å². The van der Waals surface area contributed by atoms with E-state index < -0.39 is 35.0 Å². The summed E-state index contributed by atoms with van der Waals surface area (Å²) in [5.41, 5.74) is 4.14. The van der Waals surface area contributed by atoms with Gasteiger partial charge in [0.25, 0.3) is 0 Å². The predicted molar refractivity (Wildman–Crippen MR) is 176 cm³/mol. The fourth-order valence-corrected chi connectivity index (χ4v) is 7.20. The first-order valence-electron chi connectivity index (χ1n) is 16.0. The van der Waals surface area contributed by atoms with Gasteiger partial charge >= 0.3 is 11.9 Å². The summed E-state index contributed by atoms with van der Waals surface area (Å²) in [5.74, 6) is -0.823. The molecule has 4 nitrogen and oxygen atoms in total. The van der Waals surface area contributed by atoms with Crippen LogP contribution in [0.25, 0.3) is 0 Å². The lowest BCUT2D eigenvalue weighted by Gasteiger charge is -2.55. The highest BCUT2D eigenvalue weighted by atomic mass is 16.6. The van der Waals surface area contributed by atoms with Crippen LogP contribution in [-0.4, -0.2) is 24.1 Å². The van der Waals surface area contributed by atoms with Crippen LogP contribution in [0.5, 0.6) is 0 Å². The van der Waals surface area contributed by atoms with Crippen LogP contribution in [-0.2, 0) is 20.3 Å². The van der Waals surface area contributed by atoms with Gasteiger partial charge in [0, 0.05) is 5.41 Å². The number of unbranched alkanes of at least 4 members (excludes halogenated alkanes) is 2. The van der Waals surface area contributed by atoms with Gasteiger partial charge in [-0.15, -0.1) is 0 Å². The molecule has 5 rings (SSSR count). The van der Waals surface area contributed by atoms with Gasteiger partial charge in [0.1, 0.15) is 6.10 Å². The topological polar surface area (TPSA) is 52.6 Å². The van der Waals surface area contributed by atoms with E-state index in [4.69, 9.17) is 9.47 Å². The second-order valence-corrected chi connectivity index (χ2v) is 12.3. The monoisotopic (exact) mass is 588 g/mol. The molecule has 0 heterocycles. The Morgan fingerprint density at radius 2 is 1.05 bits per heavy atom. The van der Waals surface area contributed by atoms with Crippen molar-refractivity contribution in [3.8, 4) is 0 Å². The van der Waals surface area contributed by atoms with Crippen molar-refractivity contribution in [2.24, 2.45) is 0 Å². The van der Waals surface area contributed by atoms with E-state index in [1.54, 1.807) is 24.3 Å². The minimum atomic E-state index is -0.771. The molecule has 0 N–H and O–H groups in total. The van der Waals surface area contributed by atoms with Gasteiger partial charge in [-0.3, -0.25) is 0 Å². The Kier molecular flexibility index (Phi) is 9.68. The van der Waals surface area contributed by atoms with Crippen LogP contribution in [0.4, 0.5) is 0 Å². The first-order valence-corrected chi connectivity index (χ1v) is 16.0. The summed E-state index contributed by atoms with van der Waals surface area (Å²) >= 11 is 0. The summed E-state index contributed by atoms with van der Waals surface area (Å²) in [4.78, 5) is 28.0. The number of hydrogen-bond donors (Lipinski definition) is 0. The van der Waals surface area contributed by atoms with Crippen LogP contribution in [0.15, 0.2) is 109 Å². The van der Waals surface area contributed by atoms with Crippen molar-refractivity contribution in [2.75, 3.05) is 0 Å². The number of rotatable bonds is 11. The summed E-state index contributed by atoms with van der Waals surface area (Å²) in [6.07, 6.45) is 3.82. The fraction of sp³-hybridized carbons (Fsp3) is 0.350. The molecule has 4 aromatic carbocycles. The number of fused-ring (bicyclic) bond motifs is 1. The largest absolute Gasteiger partial charge is 0.454 e. The minimum Gasteiger partial charge on any atom is -0.454 e. The number of aryl methyl sites for hydroxylation is 1. The molecule has 228 valence electrons. The van der Waals surface area contributed by atoms with Gasteiger partial charge in [-0.25, -0.2) is 9.59 Å². The second-order valence-electron chi connectivity index (χ2n) is 12.3. The third-order valence-electron chi connectivity index (χ3n) is 9.50. The molecule has 0 unspecified atom stereocenters. The van der Waals surface area contributed by atoms with Crippen LogP contribution in [0.2, 0.25) is 0 Å². The van der Waals surface area contributed by atoms with Crippen molar-refractivity contribution in [3.05, 3.63) is 143 Å². The Balaban J connectivity index is 1.81. The van der Waals surface area contributed by atoms with E-state index in [2.05, 4.69) is 70.2 Å². The molecule has 44 heavy (non-hydrogen) atoms. The van der Waals surface area contributed by atoms with Gasteiger partial charge in [0.05, 0.1) is 16.5 Å². The molecule has 0 saturated carbocycles. The standard InChI is InChI=1S/C40H44O4/c1-5-7-27-39(4)33-25-17-18-26-34(33)40(28-8-6-2,32-24-16-15-19-29(32)3)36(44-38(42)31-22-13-10-14-23-31)35(39)43-37(41)30-20-11-9-12-21-30/h9-26,35-36H,5-8,27-28H2,1-4H3/t35-,36+,39+,40+/m0/s1. The maximum absolute atomic E-state index is 14.1. The van der Waals surface area contributed by atoms with Crippen molar-refractivity contribution >= 4 is 11.9 Å². The van der Waals surface area contributed by atoms with Crippen LogP contribution in [0.3, 0.4) is 0 Å². The average molecular weight is 589 g/mol. The number of esters is 2. The number of hydrogen-bond acceptors (Lipinski definition) is 4. The van der Waals surface area contributed by atoms with E-state index in [1.807, 2.05) is 42.5 Å². The first-order chi connectivity index (χ1) is 21.4. The van der Waals surface area contributed by atoms with E-state index in [-0.39, 0.29) is 0 Å². The van der Waals surface area contributed by atoms with Gasteiger partial charge in [-0.2, -0.15) is 0 Å². The van der Waals surface area contributed by atoms with Crippen LogP contribution in [0, 0.1) is 6.92 Å². The van der Waals surface area contributed by atoms with Crippen molar-refractivity contribution in [1.82, 2.24) is 0 Å². The van der Waals surface area contributed by atoms with Crippen LogP contribution in [0.1, 0.15) is 102 Å². The predicted octanol–water partition coefficient (Wildman–Crippen LogP) is 9.38. The van der Waals surface area contributed by atoms with E-state index in [1.165, 1.54) is 0 Å². The van der Waals surface area contributed by atoms with Gasteiger partial charge in [0.2, 0.25) is 0 Å². The van der Waals surface area contributed by atoms with E-state index >= 15 is 0 Å². The smallest absolute Gasteiger partial charge is 0.338 e. The highest BCUT2D eigenvalue weighted by molar-refractivity contribution is 5.90. The Hall–Kier alpha value is -4.18. The molecule has 0 radical (unpaired) electrons. The molecule has 1 aliphatic carbocycles. The Bertz CT molecular complexity index is 1560. The SMILES string of the molecule is CCCC[C@@]1(c2ccccc2C)c2ccccc2[C@@](C)(CCCC)[C@@H](OC(=O)c2ccccc2)[C@H]1OC(=O)c1ccccc1. The number of ether oxygens (including phenoxy) is 2. The summed E-state index contributed by atoms with van der Waals surface area (Å²) in [6.45, 7) is 8.67. The zero-order valence-corrected chi connectivity index (χ0v) is 26.4. The fourth-order valence-electron chi connectivity index (χ4n) is 7.20. The highest BCUT2D eigenvalue weighted by Gasteiger charge is 2.61. The number of carbonyl (C=O) groups excluding carboxylic acids is 2. The third-order valence-corrected chi connectivity index (χ3v) is 9.50. The normalized spacial score (nSPS) is 22.5. The summed E-state index contributed by atoms with van der Waals surface area (Å²) in [7, 11) is 0. The second kappa shape index (κ2) is 13.6. The Labute approximate surface area is 262 Å². The molecule has 0 aromatic heterocycles.